The number of nitrogens with one attached hydrogen (secondary N) is 1. The van der Waals surface area contributed by atoms with Crippen LogP contribution in [-0.4, -0.2) is 23.5 Å². The van der Waals surface area contributed by atoms with Gasteiger partial charge >= 0.3 is 0 Å². The Bertz CT molecular complexity index is 414. The Labute approximate surface area is 112 Å². The second-order valence-electron chi connectivity index (χ2n) is 4.13. The zero-order valence-electron chi connectivity index (χ0n) is 11.0. The molecule has 0 spiro atoms. The molecule has 98 valence electrons. The smallest absolute Gasteiger partial charge is 0.233 e. The molecule has 1 N–H and O–H groups in total. The Morgan fingerprint density at radius 2 is 1.89 bits per heavy atom. The van der Waals surface area contributed by atoms with Crippen molar-refractivity contribution in [1.29, 1.82) is 0 Å². The van der Waals surface area contributed by atoms with Gasteiger partial charge in [-0.2, -0.15) is 0 Å². The third-order valence-corrected chi connectivity index (χ3v) is 3.60. The number of benzene rings is 1. The Morgan fingerprint density at radius 3 is 2.39 bits per heavy atom. The summed E-state index contributed by atoms with van der Waals surface area (Å²) in [5, 5.41) is 2.74. The fourth-order valence-corrected chi connectivity index (χ4v) is 2.31. The van der Waals surface area contributed by atoms with Crippen LogP contribution < -0.4 is 5.32 Å². The second kappa shape index (κ2) is 7.21. The molecule has 3 nitrogen and oxygen atoms in total. The first-order valence-electron chi connectivity index (χ1n) is 6.10. The lowest BCUT2D eigenvalue weighted by Crippen LogP contribution is -2.31. The van der Waals surface area contributed by atoms with E-state index in [9.17, 15) is 9.59 Å². The lowest BCUT2D eigenvalue weighted by atomic mass is 10.2. The predicted octanol–water partition coefficient (Wildman–Crippen LogP) is 2.90. The topological polar surface area (TPSA) is 46.2 Å². The average molecular weight is 265 g/mol. The van der Waals surface area contributed by atoms with Crippen LogP contribution in [0.5, 0.6) is 0 Å². The number of hydrogen-bond acceptors (Lipinski definition) is 3. The Balaban J connectivity index is 2.56. The van der Waals surface area contributed by atoms with Gasteiger partial charge in [0.2, 0.25) is 5.91 Å². The van der Waals surface area contributed by atoms with Gasteiger partial charge in [-0.15, -0.1) is 11.8 Å². The minimum Gasteiger partial charge on any atom is -0.355 e. The quantitative estimate of drug-likeness (QED) is 0.635. The number of carbonyl (C=O) groups is 2. The Kier molecular flexibility index (Phi) is 5.92. The summed E-state index contributed by atoms with van der Waals surface area (Å²) in [6.45, 7) is 6.17. The van der Waals surface area contributed by atoms with Gasteiger partial charge in [-0.1, -0.05) is 19.1 Å². The number of thioether (sulfide) groups is 1. The Morgan fingerprint density at radius 1 is 1.28 bits per heavy atom. The van der Waals surface area contributed by atoms with Gasteiger partial charge in [-0.3, -0.25) is 9.59 Å². The van der Waals surface area contributed by atoms with E-state index < -0.39 is 0 Å². The van der Waals surface area contributed by atoms with Gasteiger partial charge in [0.25, 0.3) is 0 Å². The summed E-state index contributed by atoms with van der Waals surface area (Å²) in [6.07, 6.45) is 0.941. The summed E-state index contributed by atoms with van der Waals surface area (Å²) in [5.41, 5.74) is 0.697. The van der Waals surface area contributed by atoms with Crippen LogP contribution in [0, 0.1) is 0 Å². The van der Waals surface area contributed by atoms with Crippen LogP contribution in [0.2, 0.25) is 0 Å². The predicted molar refractivity (Wildman–Crippen MR) is 75.1 cm³/mol. The van der Waals surface area contributed by atoms with E-state index in [-0.39, 0.29) is 16.9 Å². The first-order valence-corrected chi connectivity index (χ1v) is 6.98. The lowest BCUT2D eigenvalue weighted by Gasteiger charge is -2.11. The third kappa shape index (κ3) is 4.53. The van der Waals surface area contributed by atoms with Gasteiger partial charge in [-0.25, -0.2) is 0 Å². The summed E-state index contributed by atoms with van der Waals surface area (Å²) in [4.78, 5) is 23.8. The number of amides is 1. The van der Waals surface area contributed by atoms with Crippen LogP contribution in [0.15, 0.2) is 29.2 Å². The third-order valence-electron chi connectivity index (χ3n) is 2.49. The van der Waals surface area contributed by atoms with Gasteiger partial charge in [0, 0.05) is 17.0 Å². The monoisotopic (exact) mass is 265 g/mol. The maximum Gasteiger partial charge on any atom is 0.233 e. The van der Waals surface area contributed by atoms with Gasteiger partial charge in [-0.05, 0) is 32.4 Å². The van der Waals surface area contributed by atoms with Crippen molar-refractivity contribution in [2.75, 3.05) is 6.54 Å². The van der Waals surface area contributed by atoms with E-state index in [0.29, 0.717) is 12.1 Å². The molecule has 0 bridgehead atoms. The minimum atomic E-state index is -0.125. The van der Waals surface area contributed by atoms with Crippen molar-refractivity contribution >= 4 is 23.5 Å². The normalized spacial score (nSPS) is 11.9. The second-order valence-corrected chi connectivity index (χ2v) is 5.55. The number of hydrogen-bond donors (Lipinski definition) is 1. The minimum absolute atomic E-state index is 0.0532. The molecule has 0 aliphatic heterocycles. The zero-order valence-corrected chi connectivity index (χ0v) is 11.8. The van der Waals surface area contributed by atoms with Crippen LogP contribution in [0.4, 0.5) is 0 Å². The van der Waals surface area contributed by atoms with Gasteiger partial charge < -0.3 is 5.32 Å². The van der Waals surface area contributed by atoms with E-state index in [1.54, 1.807) is 19.1 Å². The molecule has 1 unspecified atom stereocenters. The molecule has 1 amide bonds. The number of Topliss-reactive ketones (excluding diaryl/α,β-unsaturated/α-hetero) is 1. The molecular weight excluding hydrogens is 246 g/mol. The van der Waals surface area contributed by atoms with Crippen molar-refractivity contribution in [2.24, 2.45) is 0 Å². The molecule has 1 aromatic carbocycles. The van der Waals surface area contributed by atoms with Crippen LogP contribution in [0.1, 0.15) is 37.6 Å². The van der Waals surface area contributed by atoms with E-state index in [1.807, 2.05) is 26.0 Å². The molecule has 0 aliphatic rings. The average Bonchev–Trinajstić information content (AvgIpc) is 2.36. The highest BCUT2D eigenvalue weighted by Gasteiger charge is 2.13. The summed E-state index contributed by atoms with van der Waals surface area (Å²) in [7, 11) is 0. The molecule has 0 saturated heterocycles. The fraction of sp³-hybridized carbons (Fsp3) is 0.429. The maximum absolute atomic E-state index is 11.7. The number of ketones is 1. The van der Waals surface area contributed by atoms with Crippen LogP contribution in [0.3, 0.4) is 0 Å². The molecule has 0 saturated carbocycles. The maximum atomic E-state index is 11.7. The highest BCUT2D eigenvalue weighted by atomic mass is 32.2. The molecule has 0 aromatic heterocycles. The van der Waals surface area contributed by atoms with E-state index in [4.69, 9.17) is 0 Å². The van der Waals surface area contributed by atoms with Gasteiger partial charge in [0.05, 0.1) is 5.25 Å². The molecule has 1 atom stereocenters. The van der Waals surface area contributed by atoms with Crippen LogP contribution in [-0.2, 0) is 4.79 Å². The van der Waals surface area contributed by atoms with Crippen molar-refractivity contribution in [3.05, 3.63) is 29.8 Å². The molecule has 0 heterocycles. The first-order chi connectivity index (χ1) is 8.54. The van der Waals surface area contributed by atoms with Gasteiger partial charge in [0.1, 0.15) is 0 Å². The molecule has 0 radical (unpaired) electrons. The SMILES string of the molecule is CCCNC(=O)C(C)Sc1ccc(C(C)=O)cc1. The van der Waals surface area contributed by atoms with Crippen molar-refractivity contribution in [2.45, 2.75) is 37.3 Å². The molecule has 0 fully saturated rings. The van der Waals surface area contributed by atoms with Crippen molar-refractivity contribution in [3.63, 3.8) is 0 Å². The summed E-state index contributed by atoms with van der Waals surface area (Å²) < 4.78 is 0. The molecule has 1 aromatic rings. The van der Waals surface area contributed by atoms with E-state index in [1.165, 1.54) is 11.8 Å². The first kappa shape index (κ1) is 14.8. The summed E-state index contributed by atoms with van der Waals surface area (Å²) in [5.74, 6) is 0.109. The molecular formula is C14H19NO2S. The standard InChI is InChI=1S/C14H19NO2S/c1-4-9-15-14(17)11(3)18-13-7-5-12(6-8-13)10(2)16/h5-8,11H,4,9H2,1-3H3,(H,15,17). The summed E-state index contributed by atoms with van der Waals surface area (Å²) >= 11 is 1.50. The highest BCUT2D eigenvalue weighted by Crippen LogP contribution is 2.23. The highest BCUT2D eigenvalue weighted by molar-refractivity contribution is 8.00. The summed E-state index contributed by atoms with van der Waals surface area (Å²) in [6, 6.07) is 7.35. The van der Waals surface area contributed by atoms with Crippen LogP contribution in [0.25, 0.3) is 0 Å². The van der Waals surface area contributed by atoms with Crippen molar-refractivity contribution < 1.29 is 9.59 Å². The zero-order chi connectivity index (χ0) is 13.5. The molecule has 0 aliphatic carbocycles. The fourth-order valence-electron chi connectivity index (χ4n) is 1.42. The van der Waals surface area contributed by atoms with Crippen molar-refractivity contribution in [1.82, 2.24) is 5.32 Å². The number of carbonyl (C=O) groups excluding carboxylic acids is 2. The van der Waals surface area contributed by atoms with E-state index in [2.05, 4.69) is 5.32 Å². The molecule has 1 rings (SSSR count). The molecule has 4 heteroatoms. The Hall–Kier alpha value is -1.29. The molecule has 18 heavy (non-hydrogen) atoms. The lowest BCUT2D eigenvalue weighted by molar-refractivity contribution is -0.120. The van der Waals surface area contributed by atoms with E-state index in [0.717, 1.165) is 11.3 Å². The van der Waals surface area contributed by atoms with Crippen LogP contribution >= 0.6 is 11.8 Å². The van der Waals surface area contributed by atoms with Crippen molar-refractivity contribution in [3.8, 4) is 0 Å². The van der Waals surface area contributed by atoms with E-state index >= 15 is 0 Å². The largest absolute Gasteiger partial charge is 0.355 e. The number of rotatable bonds is 6. The van der Waals surface area contributed by atoms with Gasteiger partial charge in [0.15, 0.2) is 5.78 Å².